The van der Waals surface area contributed by atoms with E-state index in [9.17, 15) is 0 Å². The summed E-state index contributed by atoms with van der Waals surface area (Å²) in [4.78, 5) is 1.01. The van der Waals surface area contributed by atoms with Crippen LogP contribution in [0.4, 0.5) is 0 Å². The van der Waals surface area contributed by atoms with Crippen LogP contribution in [0.15, 0.2) is 23.1 Å². The van der Waals surface area contributed by atoms with Gasteiger partial charge >= 0.3 is 0 Å². The predicted molar refractivity (Wildman–Crippen MR) is 49.2 cm³/mol. The Bertz CT molecular complexity index is 250. The third-order valence-corrected chi connectivity index (χ3v) is 2.62. The van der Waals surface area contributed by atoms with Gasteiger partial charge in [0.05, 0.1) is 11.6 Å². The molecule has 0 atom stereocenters. The zero-order valence-electron chi connectivity index (χ0n) is 6.17. The summed E-state index contributed by atoms with van der Waals surface area (Å²) in [6.45, 7) is 0.0741. The van der Waals surface area contributed by atoms with Gasteiger partial charge in [0, 0.05) is 4.90 Å². The van der Waals surface area contributed by atoms with Crippen molar-refractivity contribution in [1.29, 1.82) is 0 Å². The van der Waals surface area contributed by atoms with Crippen LogP contribution in [0.2, 0.25) is 5.02 Å². The largest absolute Gasteiger partial charge is 0.392 e. The van der Waals surface area contributed by atoms with Crippen molar-refractivity contribution in [1.82, 2.24) is 0 Å². The van der Waals surface area contributed by atoms with E-state index in [2.05, 4.69) is 0 Å². The SMILES string of the molecule is CSc1cc(CO)ccc1Cl. The van der Waals surface area contributed by atoms with Crippen LogP contribution in [0.25, 0.3) is 0 Å². The van der Waals surface area contributed by atoms with Gasteiger partial charge in [-0.05, 0) is 24.0 Å². The Morgan fingerprint density at radius 3 is 2.82 bits per heavy atom. The quantitative estimate of drug-likeness (QED) is 0.720. The molecule has 0 heterocycles. The van der Waals surface area contributed by atoms with E-state index in [1.807, 2.05) is 18.4 Å². The van der Waals surface area contributed by atoms with Crippen molar-refractivity contribution in [2.45, 2.75) is 11.5 Å². The first-order valence-corrected chi connectivity index (χ1v) is 4.81. The van der Waals surface area contributed by atoms with Gasteiger partial charge in [-0.3, -0.25) is 0 Å². The number of rotatable bonds is 2. The predicted octanol–water partition coefficient (Wildman–Crippen LogP) is 2.55. The highest BCUT2D eigenvalue weighted by Gasteiger charge is 1.98. The zero-order valence-corrected chi connectivity index (χ0v) is 7.75. The van der Waals surface area contributed by atoms with Gasteiger partial charge in [0.15, 0.2) is 0 Å². The molecule has 0 unspecified atom stereocenters. The van der Waals surface area contributed by atoms with Crippen LogP contribution in [0, 0.1) is 0 Å². The van der Waals surface area contributed by atoms with Crippen LogP contribution in [-0.4, -0.2) is 11.4 Å². The smallest absolute Gasteiger partial charge is 0.0682 e. The normalized spacial score (nSPS) is 10.1. The lowest BCUT2D eigenvalue weighted by Gasteiger charge is -2.01. The van der Waals surface area contributed by atoms with Crippen LogP contribution < -0.4 is 0 Å². The maximum Gasteiger partial charge on any atom is 0.0682 e. The molecule has 0 bridgehead atoms. The summed E-state index contributed by atoms with van der Waals surface area (Å²) < 4.78 is 0. The van der Waals surface area contributed by atoms with Crippen LogP contribution in [0.3, 0.4) is 0 Å². The maximum absolute atomic E-state index is 8.80. The average Bonchev–Trinajstić information content (AvgIpc) is 2.05. The third-order valence-electron chi connectivity index (χ3n) is 1.40. The van der Waals surface area contributed by atoms with Gasteiger partial charge in [-0.15, -0.1) is 11.8 Å². The van der Waals surface area contributed by atoms with E-state index < -0.39 is 0 Å². The molecule has 1 aromatic rings. The first-order valence-electron chi connectivity index (χ1n) is 3.21. The Balaban J connectivity index is 3.02. The van der Waals surface area contributed by atoms with Crippen LogP contribution >= 0.6 is 23.4 Å². The molecule has 60 valence electrons. The van der Waals surface area contributed by atoms with Crippen molar-refractivity contribution in [2.75, 3.05) is 6.26 Å². The summed E-state index contributed by atoms with van der Waals surface area (Å²) >= 11 is 7.43. The van der Waals surface area contributed by atoms with Crippen molar-refractivity contribution < 1.29 is 5.11 Å². The second kappa shape index (κ2) is 4.00. The molecule has 0 aliphatic carbocycles. The van der Waals surface area contributed by atoms with E-state index in [0.717, 1.165) is 15.5 Å². The van der Waals surface area contributed by atoms with Crippen molar-refractivity contribution in [3.8, 4) is 0 Å². The van der Waals surface area contributed by atoms with Gasteiger partial charge in [0.1, 0.15) is 0 Å². The minimum atomic E-state index is 0.0741. The van der Waals surface area contributed by atoms with Gasteiger partial charge < -0.3 is 5.11 Å². The lowest BCUT2D eigenvalue weighted by Crippen LogP contribution is -1.83. The fourth-order valence-corrected chi connectivity index (χ4v) is 1.68. The van der Waals surface area contributed by atoms with Gasteiger partial charge in [0.25, 0.3) is 0 Å². The van der Waals surface area contributed by atoms with E-state index in [1.54, 1.807) is 17.8 Å². The van der Waals surface area contributed by atoms with E-state index in [-0.39, 0.29) is 6.61 Å². The molecule has 0 amide bonds. The Morgan fingerprint density at radius 2 is 2.27 bits per heavy atom. The molecule has 1 nitrogen and oxygen atoms in total. The number of aliphatic hydroxyl groups is 1. The first-order chi connectivity index (χ1) is 5.27. The number of halogens is 1. The van der Waals surface area contributed by atoms with E-state index in [1.165, 1.54) is 0 Å². The Kier molecular flexibility index (Phi) is 3.24. The van der Waals surface area contributed by atoms with Crippen molar-refractivity contribution in [2.24, 2.45) is 0 Å². The molecule has 11 heavy (non-hydrogen) atoms. The molecule has 0 saturated carbocycles. The number of hydrogen-bond donors (Lipinski definition) is 1. The van der Waals surface area contributed by atoms with E-state index in [0.29, 0.717) is 0 Å². The molecule has 1 N–H and O–H groups in total. The molecule has 0 aliphatic rings. The lowest BCUT2D eigenvalue weighted by molar-refractivity contribution is 0.281. The van der Waals surface area contributed by atoms with Gasteiger partial charge in [-0.1, -0.05) is 17.7 Å². The molecule has 0 saturated heterocycles. The molecule has 0 aliphatic heterocycles. The monoisotopic (exact) mass is 188 g/mol. The molecular formula is C8H9ClOS. The second-order valence-electron chi connectivity index (χ2n) is 2.13. The summed E-state index contributed by atoms with van der Waals surface area (Å²) in [5.74, 6) is 0. The second-order valence-corrected chi connectivity index (χ2v) is 3.38. The Labute approximate surface area is 75.4 Å². The van der Waals surface area contributed by atoms with Gasteiger partial charge in [-0.2, -0.15) is 0 Å². The minimum absolute atomic E-state index is 0.0741. The molecular weight excluding hydrogens is 180 g/mol. The highest BCUT2D eigenvalue weighted by molar-refractivity contribution is 7.98. The third kappa shape index (κ3) is 2.12. The van der Waals surface area contributed by atoms with Crippen LogP contribution in [0.1, 0.15) is 5.56 Å². The Hall–Kier alpha value is -0.180. The topological polar surface area (TPSA) is 20.2 Å². The van der Waals surface area contributed by atoms with E-state index in [4.69, 9.17) is 16.7 Å². The fraction of sp³-hybridized carbons (Fsp3) is 0.250. The lowest BCUT2D eigenvalue weighted by atomic mass is 10.2. The molecule has 3 heteroatoms. The molecule has 0 radical (unpaired) electrons. The molecule has 1 rings (SSSR count). The summed E-state index contributed by atoms with van der Waals surface area (Å²) in [5.41, 5.74) is 0.902. The Morgan fingerprint density at radius 1 is 1.55 bits per heavy atom. The van der Waals surface area contributed by atoms with Crippen molar-refractivity contribution in [3.05, 3.63) is 28.8 Å². The summed E-state index contributed by atoms with van der Waals surface area (Å²) in [6, 6.07) is 5.52. The first kappa shape index (κ1) is 8.91. The van der Waals surface area contributed by atoms with Crippen molar-refractivity contribution >= 4 is 23.4 Å². The van der Waals surface area contributed by atoms with E-state index >= 15 is 0 Å². The summed E-state index contributed by atoms with van der Waals surface area (Å²) in [7, 11) is 0. The number of benzene rings is 1. The standard InChI is InChI=1S/C8H9ClOS/c1-11-8-4-6(5-10)2-3-7(8)9/h2-4,10H,5H2,1H3. The molecule has 0 fully saturated rings. The minimum Gasteiger partial charge on any atom is -0.392 e. The number of hydrogen-bond acceptors (Lipinski definition) is 2. The molecule has 0 aromatic heterocycles. The van der Waals surface area contributed by atoms with Gasteiger partial charge in [0.2, 0.25) is 0 Å². The summed E-state index contributed by atoms with van der Waals surface area (Å²) in [6.07, 6.45) is 1.96. The molecule has 0 spiro atoms. The van der Waals surface area contributed by atoms with Crippen LogP contribution in [-0.2, 0) is 6.61 Å². The molecule has 1 aromatic carbocycles. The fourth-order valence-electron chi connectivity index (χ4n) is 0.803. The highest BCUT2D eigenvalue weighted by atomic mass is 35.5. The van der Waals surface area contributed by atoms with Crippen LogP contribution in [0.5, 0.6) is 0 Å². The van der Waals surface area contributed by atoms with Gasteiger partial charge in [-0.25, -0.2) is 0 Å². The maximum atomic E-state index is 8.80. The summed E-state index contributed by atoms with van der Waals surface area (Å²) in [5, 5.41) is 9.54. The van der Waals surface area contributed by atoms with Crippen molar-refractivity contribution in [3.63, 3.8) is 0 Å². The highest BCUT2D eigenvalue weighted by Crippen LogP contribution is 2.25. The average molecular weight is 189 g/mol. The number of thioether (sulfide) groups is 1. The number of aliphatic hydroxyl groups excluding tert-OH is 1. The zero-order chi connectivity index (χ0) is 8.27.